The van der Waals surface area contributed by atoms with Crippen LogP contribution in [0.15, 0.2) is 35.3 Å². The number of fused-ring (bicyclic) bond motifs is 1. The van der Waals surface area contributed by atoms with Crippen molar-refractivity contribution in [2.45, 2.75) is 83.8 Å². The number of aliphatic imine (C=N–C) groups is 1. The first-order valence-corrected chi connectivity index (χ1v) is 15.9. The van der Waals surface area contributed by atoms with Crippen molar-refractivity contribution in [1.29, 1.82) is 0 Å². The zero-order chi connectivity index (χ0) is 29.9. The van der Waals surface area contributed by atoms with Gasteiger partial charge in [0.15, 0.2) is 23.1 Å². The Hall–Kier alpha value is -3.73. The van der Waals surface area contributed by atoms with Crippen LogP contribution in [0.2, 0.25) is 0 Å². The second-order valence-corrected chi connectivity index (χ2v) is 12.7. The van der Waals surface area contributed by atoms with Crippen LogP contribution >= 0.6 is 0 Å². The first-order chi connectivity index (χ1) is 20.9. The maximum Gasteiger partial charge on any atom is 0.433 e. The lowest BCUT2D eigenvalue weighted by Gasteiger charge is -2.37. The molecule has 43 heavy (non-hydrogen) atoms. The van der Waals surface area contributed by atoms with Crippen molar-refractivity contribution in [1.82, 2.24) is 19.5 Å². The minimum absolute atomic E-state index is 0.0729. The van der Waals surface area contributed by atoms with E-state index >= 15 is 0 Å². The molecule has 2 saturated carbocycles. The number of ether oxygens (including phenoxy) is 1. The minimum Gasteiger partial charge on any atom is -0.463 e. The summed E-state index contributed by atoms with van der Waals surface area (Å²) in [4.78, 5) is 31.9. The summed E-state index contributed by atoms with van der Waals surface area (Å²) in [5.41, 5.74) is 8.69. The summed E-state index contributed by atoms with van der Waals surface area (Å²) in [6.07, 6.45) is 7.86. The van der Waals surface area contributed by atoms with Crippen LogP contribution in [0.4, 0.5) is 16.6 Å². The third-order valence-electron chi connectivity index (χ3n) is 9.62. The molecule has 0 bridgehead atoms. The summed E-state index contributed by atoms with van der Waals surface area (Å²) in [7, 11) is 0. The van der Waals surface area contributed by atoms with E-state index in [1.807, 2.05) is 6.07 Å². The van der Waals surface area contributed by atoms with Crippen molar-refractivity contribution in [3.8, 4) is 0 Å². The van der Waals surface area contributed by atoms with E-state index in [4.69, 9.17) is 25.4 Å². The Morgan fingerprint density at radius 3 is 2.60 bits per heavy atom. The molecule has 2 unspecified atom stereocenters. The molecule has 1 aromatic carbocycles. The number of benzene rings is 1. The molecule has 2 aromatic heterocycles. The van der Waals surface area contributed by atoms with E-state index in [1.54, 1.807) is 0 Å². The lowest BCUT2D eigenvalue weighted by molar-refractivity contribution is 0.0927. The molecule has 6 rings (SSSR count). The van der Waals surface area contributed by atoms with E-state index in [2.05, 4.69) is 57.9 Å². The van der Waals surface area contributed by atoms with Crippen molar-refractivity contribution in [3.05, 3.63) is 41.7 Å². The van der Waals surface area contributed by atoms with E-state index in [0.717, 1.165) is 30.3 Å². The number of nitrogens with zero attached hydrogens (tertiary/aromatic N) is 6. The van der Waals surface area contributed by atoms with Gasteiger partial charge in [-0.2, -0.15) is 9.98 Å². The van der Waals surface area contributed by atoms with Crippen LogP contribution in [0.3, 0.4) is 0 Å². The van der Waals surface area contributed by atoms with Crippen LogP contribution in [-0.2, 0) is 17.7 Å². The Morgan fingerprint density at radius 2 is 1.91 bits per heavy atom. The van der Waals surface area contributed by atoms with Crippen LogP contribution in [0.5, 0.6) is 0 Å². The Morgan fingerprint density at radius 1 is 1.14 bits per heavy atom. The molecule has 2 aliphatic carbocycles. The lowest BCUT2D eigenvalue weighted by atomic mass is 9.80. The minimum atomic E-state index is -1.38. The third-order valence-corrected chi connectivity index (χ3v) is 9.62. The Kier molecular flexibility index (Phi) is 8.78. The molecule has 230 valence electrons. The molecule has 3 aliphatic rings. The molecule has 11 heteroatoms. The first kappa shape index (κ1) is 29.3. The molecule has 4 N–H and O–H groups in total. The average molecular weight is 589 g/mol. The summed E-state index contributed by atoms with van der Waals surface area (Å²) in [5, 5.41) is 13.0. The van der Waals surface area contributed by atoms with Crippen molar-refractivity contribution in [3.63, 3.8) is 0 Å². The highest BCUT2D eigenvalue weighted by Crippen LogP contribution is 2.36. The normalized spacial score (nSPS) is 24.1. The van der Waals surface area contributed by atoms with Gasteiger partial charge in [0.05, 0.1) is 19.3 Å². The molecule has 3 fully saturated rings. The molecular weight excluding hydrogens is 544 g/mol. The number of imidazole rings is 1. The number of nitrogens with one attached hydrogen (secondary N) is 1. The second kappa shape index (κ2) is 12.9. The van der Waals surface area contributed by atoms with Crippen molar-refractivity contribution >= 4 is 34.9 Å². The zero-order valence-electron chi connectivity index (χ0n) is 25.3. The fourth-order valence-corrected chi connectivity index (χ4v) is 6.80. The lowest BCUT2D eigenvalue weighted by Crippen LogP contribution is -2.48. The first-order valence-electron chi connectivity index (χ1n) is 15.9. The highest BCUT2D eigenvalue weighted by Gasteiger charge is 2.32. The average Bonchev–Trinajstić information content (AvgIpc) is 3.32. The summed E-state index contributed by atoms with van der Waals surface area (Å²) < 4.78 is 8.31. The number of aromatic nitrogens is 4. The molecule has 0 spiro atoms. The number of hydrogen-bond acceptors (Lipinski definition) is 7. The van der Waals surface area contributed by atoms with Gasteiger partial charge in [-0.05, 0) is 62.3 Å². The van der Waals surface area contributed by atoms with Crippen molar-refractivity contribution in [2.24, 2.45) is 28.5 Å². The summed E-state index contributed by atoms with van der Waals surface area (Å²) in [6, 6.07) is 10.8. The van der Waals surface area contributed by atoms with Crippen LogP contribution in [0.1, 0.15) is 70.2 Å². The molecule has 0 radical (unpaired) electrons. The van der Waals surface area contributed by atoms with Gasteiger partial charge in [-0.15, -0.1) is 0 Å². The number of nitrogens with two attached hydrogens (primary N) is 1. The number of carbonyl (C=O) groups is 1. The topological polar surface area (TPSA) is 144 Å². The molecule has 1 saturated heterocycles. The number of carboxylic acid groups (broad SMARTS) is 1. The number of hydrogen-bond donors (Lipinski definition) is 3. The van der Waals surface area contributed by atoms with Gasteiger partial charge < -0.3 is 30.4 Å². The van der Waals surface area contributed by atoms with Gasteiger partial charge in [-0.1, -0.05) is 56.5 Å². The van der Waals surface area contributed by atoms with Crippen LogP contribution < -0.4 is 16.0 Å². The van der Waals surface area contributed by atoms with Crippen molar-refractivity contribution in [2.75, 3.05) is 30.0 Å². The summed E-state index contributed by atoms with van der Waals surface area (Å²) in [5.74, 6) is 3.17. The number of rotatable bonds is 9. The maximum atomic E-state index is 11.4. The van der Waals surface area contributed by atoms with Gasteiger partial charge >= 0.3 is 6.09 Å². The van der Waals surface area contributed by atoms with E-state index in [1.165, 1.54) is 50.5 Å². The molecular formula is C32H44N8O3. The fourth-order valence-electron chi connectivity index (χ4n) is 6.80. The summed E-state index contributed by atoms with van der Waals surface area (Å²) in [6.45, 7) is 7.30. The predicted octanol–water partition coefficient (Wildman–Crippen LogP) is 5.08. The molecule has 3 heterocycles. The molecule has 2 atom stereocenters. The highest BCUT2D eigenvalue weighted by atomic mass is 16.5. The van der Waals surface area contributed by atoms with Gasteiger partial charge in [0, 0.05) is 19.1 Å². The van der Waals surface area contributed by atoms with Crippen LogP contribution in [0.25, 0.3) is 11.2 Å². The van der Waals surface area contributed by atoms with Gasteiger partial charge in [0.2, 0.25) is 5.95 Å². The Balaban J connectivity index is 1.47. The quantitative estimate of drug-likeness (QED) is 0.230. The fraction of sp³-hybridized carbons (Fsp3) is 0.594. The number of anilines is 2. The molecule has 1 aliphatic heterocycles. The molecule has 11 nitrogen and oxygen atoms in total. The van der Waals surface area contributed by atoms with Gasteiger partial charge in [0.25, 0.3) is 0 Å². The monoisotopic (exact) mass is 588 g/mol. The van der Waals surface area contributed by atoms with Gasteiger partial charge in [-0.3, -0.25) is 0 Å². The van der Waals surface area contributed by atoms with Crippen molar-refractivity contribution < 1.29 is 14.6 Å². The number of amides is 1. The van der Waals surface area contributed by atoms with Gasteiger partial charge in [-0.25, -0.2) is 14.8 Å². The molecule has 1 amide bonds. The smallest absolute Gasteiger partial charge is 0.433 e. The zero-order valence-corrected chi connectivity index (χ0v) is 25.3. The number of morpholine rings is 1. The summed E-state index contributed by atoms with van der Waals surface area (Å²) >= 11 is 0. The standard InChI is InChI=1S/C32H44N8O3/c1-20-11-13-23(14-12-20)18-40-26-28(34-21(2)24-9-6-10-24)36-30(27(33)35-32(41)42)37-29(26)38-31(40)39-15-16-43-19-25(39)17-22-7-4-3-5-8-22/h3-5,7-8,20-21,23-25H,6,9-19H2,1-2H3,(H2,33,35)(H,41,42)(H,34,36,37). The maximum absolute atomic E-state index is 11.4. The predicted molar refractivity (Wildman–Crippen MR) is 168 cm³/mol. The third kappa shape index (κ3) is 6.61. The Bertz CT molecular complexity index is 1450. The van der Waals surface area contributed by atoms with E-state index in [0.29, 0.717) is 43.1 Å². The SMILES string of the molecule is CC1CCC(Cn2c(N3CCOCC3Cc3ccccc3)nc3nc(C(N)=NC(=O)O)nc(NC(C)C4CCC4)c32)CC1. The van der Waals surface area contributed by atoms with E-state index in [-0.39, 0.29) is 23.7 Å². The molecule has 3 aromatic rings. The number of amidine groups is 1. The van der Waals surface area contributed by atoms with Crippen LogP contribution in [-0.4, -0.2) is 68.4 Å². The second-order valence-electron chi connectivity index (χ2n) is 12.7. The van der Waals surface area contributed by atoms with Crippen LogP contribution in [0, 0.1) is 17.8 Å². The largest absolute Gasteiger partial charge is 0.463 e. The van der Waals surface area contributed by atoms with Gasteiger partial charge in [0.1, 0.15) is 5.52 Å². The highest BCUT2D eigenvalue weighted by molar-refractivity contribution is 6.01. The Labute approximate surface area is 253 Å². The van der Waals surface area contributed by atoms with E-state index < -0.39 is 6.09 Å². The van der Waals surface area contributed by atoms with E-state index in [9.17, 15) is 9.90 Å².